The maximum absolute atomic E-state index is 10.8. The SMILES string of the molecule is C1CCCCC1.Cc1cc(NC(=O)O)ccc1Nc1nnc(-c2c[nH]c3ncc(-c4cnn(C)c4)cc23)o1. The fourth-order valence-corrected chi connectivity index (χ4v) is 4.47. The van der Waals surface area contributed by atoms with Gasteiger partial charge in [0.15, 0.2) is 0 Å². The Morgan fingerprint density at radius 3 is 2.47 bits per heavy atom. The van der Waals surface area contributed by atoms with Crippen molar-refractivity contribution in [2.45, 2.75) is 45.4 Å². The van der Waals surface area contributed by atoms with Crippen LogP contribution in [0.5, 0.6) is 0 Å². The second-order valence-electron chi connectivity index (χ2n) is 9.34. The van der Waals surface area contributed by atoms with Gasteiger partial charge in [0, 0.05) is 53.5 Å². The number of benzene rings is 1. The molecule has 4 N–H and O–H groups in total. The van der Waals surface area contributed by atoms with E-state index < -0.39 is 6.09 Å². The van der Waals surface area contributed by atoms with Crippen LogP contribution in [0.3, 0.4) is 0 Å². The molecule has 4 aromatic heterocycles. The zero-order valence-electron chi connectivity index (χ0n) is 21.4. The summed E-state index contributed by atoms with van der Waals surface area (Å²) >= 11 is 0. The molecule has 1 aliphatic carbocycles. The van der Waals surface area contributed by atoms with E-state index in [1.54, 1.807) is 41.5 Å². The number of hydrogen-bond acceptors (Lipinski definition) is 7. The molecule has 1 aromatic carbocycles. The molecule has 11 nitrogen and oxygen atoms in total. The maximum Gasteiger partial charge on any atom is 0.409 e. The summed E-state index contributed by atoms with van der Waals surface area (Å²) in [5, 5.41) is 27.5. The first-order valence-electron chi connectivity index (χ1n) is 12.6. The molecular formula is C27H30N8O3. The average Bonchev–Trinajstić information content (AvgIpc) is 3.66. The molecule has 1 saturated carbocycles. The molecule has 0 unspecified atom stereocenters. The summed E-state index contributed by atoms with van der Waals surface area (Å²) in [6.45, 7) is 1.85. The predicted octanol–water partition coefficient (Wildman–Crippen LogP) is 6.50. The Hall–Kier alpha value is -4.67. The monoisotopic (exact) mass is 514 g/mol. The van der Waals surface area contributed by atoms with E-state index in [2.05, 4.69) is 35.9 Å². The largest absolute Gasteiger partial charge is 0.465 e. The zero-order valence-corrected chi connectivity index (χ0v) is 21.4. The number of anilines is 3. The smallest absolute Gasteiger partial charge is 0.409 e. The zero-order chi connectivity index (χ0) is 26.5. The molecule has 0 radical (unpaired) electrons. The maximum atomic E-state index is 10.8. The van der Waals surface area contributed by atoms with E-state index in [9.17, 15) is 4.79 Å². The Bertz CT molecular complexity index is 1540. The highest BCUT2D eigenvalue weighted by Crippen LogP contribution is 2.32. The molecule has 0 saturated heterocycles. The van der Waals surface area contributed by atoms with Gasteiger partial charge in [-0.2, -0.15) is 5.10 Å². The summed E-state index contributed by atoms with van der Waals surface area (Å²) in [4.78, 5) is 18.4. The lowest BCUT2D eigenvalue weighted by Gasteiger charge is -2.08. The van der Waals surface area contributed by atoms with Crippen LogP contribution in [0.25, 0.3) is 33.6 Å². The van der Waals surface area contributed by atoms with Gasteiger partial charge < -0.3 is 19.8 Å². The van der Waals surface area contributed by atoms with E-state index in [-0.39, 0.29) is 6.01 Å². The topological polar surface area (TPSA) is 147 Å². The van der Waals surface area contributed by atoms with Crippen molar-refractivity contribution in [2.75, 3.05) is 10.6 Å². The van der Waals surface area contributed by atoms with Crippen LogP contribution in [0.2, 0.25) is 0 Å². The van der Waals surface area contributed by atoms with Gasteiger partial charge in [0.25, 0.3) is 5.89 Å². The van der Waals surface area contributed by atoms with E-state index in [1.165, 1.54) is 38.5 Å². The second kappa shape index (κ2) is 11.2. The van der Waals surface area contributed by atoms with Gasteiger partial charge in [0.05, 0.1) is 11.8 Å². The normalized spacial score (nSPS) is 13.1. The first kappa shape index (κ1) is 25.0. The van der Waals surface area contributed by atoms with Gasteiger partial charge in [-0.15, -0.1) is 5.10 Å². The van der Waals surface area contributed by atoms with Gasteiger partial charge in [-0.25, -0.2) is 9.78 Å². The molecule has 0 bridgehead atoms. The van der Waals surface area contributed by atoms with Crippen molar-refractivity contribution in [3.8, 4) is 22.6 Å². The fourth-order valence-electron chi connectivity index (χ4n) is 4.47. The number of H-pyrrole nitrogens is 1. The number of aromatic nitrogens is 6. The molecule has 4 heterocycles. The summed E-state index contributed by atoms with van der Waals surface area (Å²) in [5.41, 5.74) is 5.33. The summed E-state index contributed by atoms with van der Waals surface area (Å²) in [5.74, 6) is 0.339. The highest BCUT2D eigenvalue weighted by molar-refractivity contribution is 5.93. The average molecular weight is 515 g/mol. The van der Waals surface area contributed by atoms with Crippen LogP contribution in [0, 0.1) is 6.92 Å². The van der Waals surface area contributed by atoms with Crippen LogP contribution in [-0.4, -0.2) is 41.1 Å². The molecule has 1 aliphatic rings. The summed E-state index contributed by atoms with van der Waals surface area (Å²) < 4.78 is 7.57. The van der Waals surface area contributed by atoms with E-state index in [1.807, 2.05) is 26.2 Å². The van der Waals surface area contributed by atoms with E-state index in [4.69, 9.17) is 9.52 Å². The Labute approximate surface area is 219 Å². The first-order chi connectivity index (χ1) is 18.5. The molecule has 0 spiro atoms. The number of pyridine rings is 1. The van der Waals surface area contributed by atoms with Crippen LogP contribution < -0.4 is 10.6 Å². The number of nitrogens with one attached hydrogen (secondary N) is 3. The first-order valence-corrected chi connectivity index (χ1v) is 12.6. The van der Waals surface area contributed by atoms with Gasteiger partial charge in [0.1, 0.15) is 5.65 Å². The minimum atomic E-state index is -1.12. The Kier molecular flexibility index (Phi) is 7.34. The van der Waals surface area contributed by atoms with Gasteiger partial charge in [0.2, 0.25) is 0 Å². The molecule has 11 heteroatoms. The lowest BCUT2D eigenvalue weighted by molar-refractivity contribution is 0.209. The minimum Gasteiger partial charge on any atom is -0.465 e. The number of carbonyl (C=O) groups is 1. The third-order valence-corrected chi connectivity index (χ3v) is 6.44. The molecule has 0 atom stereocenters. The number of nitrogens with zero attached hydrogens (tertiary/aromatic N) is 5. The Morgan fingerprint density at radius 2 is 1.82 bits per heavy atom. The van der Waals surface area contributed by atoms with Gasteiger partial charge in [-0.1, -0.05) is 43.6 Å². The number of amides is 1. The lowest BCUT2D eigenvalue weighted by Crippen LogP contribution is -2.07. The molecule has 196 valence electrons. The molecule has 38 heavy (non-hydrogen) atoms. The molecule has 0 aliphatic heterocycles. The number of aryl methyl sites for hydroxylation is 2. The molecule has 1 amide bonds. The van der Waals surface area contributed by atoms with Crippen molar-refractivity contribution in [1.82, 2.24) is 29.9 Å². The predicted molar refractivity (Wildman–Crippen MR) is 145 cm³/mol. The van der Waals surface area contributed by atoms with Crippen molar-refractivity contribution < 1.29 is 14.3 Å². The molecule has 5 aromatic rings. The third kappa shape index (κ3) is 5.83. The standard InChI is InChI=1S/C21H18N8O3.C6H12/c1-11-5-14(25-21(30)31)3-4-17(11)26-20-28-27-19(32-20)16-9-23-18-15(16)6-12(7-22-18)13-8-24-29(2)10-13;1-2-4-6-5-3-1/h3-10,25H,1-2H3,(H,22,23)(H,26,28)(H,30,31);1-6H2. The van der Waals surface area contributed by atoms with Crippen molar-refractivity contribution in [3.63, 3.8) is 0 Å². The van der Waals surface area contributed by atoms with Crippen LogP contribution in [0.1, 0.15) is 44.1 Å². The Balaban J connectivity index is 0.000000433. The van der Waals surface area contributed by atoms with Crippen molar-refractivity contribution >= 4 is 34.5 Å². The van der Waals surface area contributed by atoms with Gasteiger partial charge in [-0.3, -0.25) is 10.00 Å². The number of rotatable bonds is 5. The number of fused-ring (bicyclic) bond motifs is 1. The van der Waals surface area contributed by atoms with Gasteiger partial charge in [-0.05, 0) is 36.8 Å². The van der Waals surface area contributed by atoms with Crippen molar-refractivity contribution in [2.24, 2.45) is 7.05 Å². The molecule has 1 fully saturated rings. The van der Waals surface area contributed by atoms with Crippen LogP contribution in [0.4, 0.5) is 22.2 Å². The van der Waals surface area contributed by atoms with Crippen molar-refractivity contribution in [1.29, 1.82) is 0 Å². The molecular weight excluding hydrogens is 484 g/mol. The summed E-state index contributed by atoms with van der Waals surface area (Å²) in [7, 11) is 1.86. The lowest BCUT2D eigenvalue weighted by atomic mass is 10.0. The number of hydrogen-bond donors (Lipinski definition) is 4. The second-order valence-corrected chi connectivity index (χ2v) is 9.34. The fraction of sp³-hybridized carbons (Fsp3) is 0.296. The number of aromatic amines is 1. The van der Waals surface area contributed by atoms with Crippen LogP contribution in [-0.2, 0) is 7.05 Å². The van der Waals surface area contributed by atoms with Crippen LogP contribution in [0.15, 0.2) is 53.5 Å². The minimum absolute atomic E-state index is 0.216. The number of carboxylic acid groups (broad SMARTS) is 1. The summed E-state index contributed by atoms with van der Waals surface area (Å²) in [6.07, 6.45) is 15.1. The highest BCUT2D eigenvalue weighted by atomic mass is 16.4. The van der Waals surface area contributed by atoms with E-state index in [0.717, 1.165) is 33.3 Å². The molecule has 6 rings (SSSR count). The van der Waals surface area contributed by atoms with Gasteiger partial charge >= 0.3 is 12.1 Å². The third-order valence-electron chi connectivity index (χ3n) is 6.44. The van der Waals surface area contributed by atoms with E-state index in [0.29, 0.717) is 17.2 Å². The van der Waals surface area contributed by atoms with Crippen LogP contribution >= 0.6 is 0 Å². The highest BCUT2D eigenvalue weighted by Gasteiger charge is 2.16. The van der Waals surface area contributed by atoms with E-state index >= 15 is 0 Å². The van der Waals surface area contributed by atoms with Crippen molar-refractivity contribution in [3.05, 3.63) is 54.6 Å². The quantitative estimate of drug-likeness (QED) is 0.208. The Morgan fingerprint density at radius 1 is 1.05 bits per heavy atom. The summed E-state index contributed by atoms with van der Waals surface area (Å²) in [6, 6.07) is 7.30.